The average molecular weight is 419 g/mol. The van der Waals surface area contributed by atoms with Gasteiger partial charge in [-0.3, -0.25) is 9.78 Å². The Hall–Kier alpha value is -3.91. The fraction of sp³-hybridized carbons (Fsp3) is 0.174. The number of carbonyl (C=O) groups excluding carboxylic acids is 1. The molecule has 2 aromatic heterocycles. The standard InChI is InChI=1S/C23H22N6O2.2H2/c1-14-20(22-28-27-21(31-22)17-6-4-15(12-24)5-7-17)26-19(13-25-14)16-8-10-18(11-9-16)23(30)29(2)3;;/h4-11,13H,12,24H2,1-3H3;2*1H. The Balaban J connectivity index is 0.00000193. The lowest BCUT2D eigenvalue weighted by Crippen LogP contribution is -2.21. The summed E-state index contributed by atoms with van der Waals surface area (Å²) in [4.78, 5) is 22.8. The van der Waals surface area contributed by atoms with Crippen LogP contribution in [0.4, 0.5) is 0 Å². The number of hydrogen-bond donors (Lipinski definition) is 1. The molecule has 0 saturated carbocycles. The summed E-state index contributed by atoms with van der Waals surface area (Å²) in [6.07, 6.45) is 1.68. The monoisotopic (exact) mass is 418 g/mol. The van der Waals surface area contributed by atoms with E-state index >= 15 is 0 Å². The van der Waals surface area contributed by atoms with Crippen LogP contribution in [0.1, 0.15) is 24.5 Å². The molecule has 0 aliphatic heterocycles. The maximum atomic E-state index is 12.1. The summed E-state index contributed by atoms with van der Waals surface area (Å²) in [5.41, 5.74) is 10.8. The van der Waals surface area contributed by atoms with Crippen molar-refractivity contribution in [2.75, 3.05) is 14.1 Å². The van der Waals surface area contributed by atoms with Gasteiger partial charge >= 0.3 is 0 Å². The third-order valence-electron chi connectivity index (χ3n) is 4.85. The first-order valence-electron chi connectivity index (χ1n) is 9.75. The number of amides is 1. The number of carbonyl (C=O) groups is 1. The van der Waals surface area contributed by atoms with E-state index in [4.69, 9.17) is 10.2 Å². The average Bonchev–Trinajstić information content (AvgIpc) is 3.29. The van der Waals surface area contributed by atoms with E-state index in [9.17, 15) is 4.79 Å². The highest BCUT2D eigenvalue weighted by Crippen LogP contribution is 2.27. The van der Waals surface area contributed by atoms with E-state index in [1.165, 1.54) is 4.90 Å². The summed E-state index contributed by atoms with van der Waals surface area (Å²) in [6.45, 7) is 2.31. The highest BCUT2D eigenvalue weighted by Gasteiger charge is 2.16. The molecule has 1 amide bonds. The van der Waals surface area contributed by atoms with Crippen molar-refractivity contribution in [2.45, 2.75) is 13.5 Å². The Morgan fingerprint density at radius 1 is 1.00 bits per heavy atom. The molecule has 8 heteroatoms. The molecule has 0 saturated heterocycles. The zero-order valence-electron chi connectivity index (χ0n) is 17.5. The van der Waals surface area contributed by atoms with Crippen LogP contribution in [0.15, 0.2) is 59.1 Å². The van der Waals surface area contributed by atoms with Gasteiger partial charge in [0.1, 0.15) is 5.69 Å². The summed E-state index contributed by atoms with van der Waals surface area (Å²) < 4.78 is 5.87. The molecular weight excluding hydrogens is 392 g/mol. The van der Waals surface area contributed by atoms with Crippen molar-refractivity contribution in [3.63, 3.8) is 0 Å². The summed E-state index contributed by atoms with van der Waals surface area (Å²) in [5.74, 6) is 0.640. The van der Waals surface area contributed by atoms with Crippen LogP contribution in [-0.4, -0.2) is 45.1 Å². The van der Waals surface area contributed by atoms with Crippen LogP contribution < -0.4 is 5.73 Å². The first kappa shape index (κ1) is 20.4. The molecule has 0 unspecified atom stereocenters. The normalized spacial score (nSPS) is 10.8. The lowest BCUT2D eigenvalue weighted by Gasteiger charge is -2.10. The smallest absolute Gasteiger partial charge is 0.268 e. The predicted molar refractivity (Wildman–Crippen MR) is 121 cm³/mol. The number of nitrogens with two attached hydrogens (primary N) is 1. The van der Waals surface area contributed by atoms with Gasteiger partial charge in [0.25, 0.3) is 11.8 Å². The van der Waals surface area contributed by atoms with Gasteiger partial charge < -0.3 is 15.1 Å². The van der Waals surface area contributed by atoms with E-state index in [1.54, 1.807) is 32.4 Å². The van der Waals surface area contributed by atoms with E-state index in [-0.39, 0.29) is 8.76 Å². The first-order chi connectivity index (χ1) is 15.0. The van der Waals surface area contributed by atoms with Crippen molar-refractivity contribution >= 4 is 5.91 Å². The van der Waals surface area contributed by atoms with Crippen LogP contribution >= 0.6 is 0 Å². The zero-order valence-corrected chi connectivity index (χ0v) is 17.5. The summed E-state index contributed by atoms with van der Waals surface area (Å²) in [7, 11) is 3.44. The minimum atomic E-state index is -0.0554. The molecule has 160 valence electrons. The maximum absolute atomic E-state index is 12.1. The quantitative estimate of drug-likeness (QED) is 0.524. The number of aromatic nitrogens is 4. The molecule has 2 N–H and O–H groups in total. The minimum absolute atomic E-state index is 0. The van der Waals surface area contributed by atoms with Crippen molar-refractivity contribution < 1.29 is 12.1 Å². The van der Waals surface area contributed by atoms with Gasteiger partial charge in [-0.15, -0.1) is 10.2 Å². The van der Waals surface area contributed by atoms with Gasteiger partial charge in [0.2, 0.25) is 5.89 Å². The van der Waals surface area contributed by atoms with E-state index in [0.717, 1.165) is 16.7 Å². The SMILES string of the molecule is Cc1ncc(-c2ccc(C(=O)N(C)C)cc2)nc1-c1nnc(-c2ccc(CN)cc2)o1.[HH].[HH]. The number of nitrogens with zero attached hydrogens (tertiary/aromatic N) is 5. The lowest BCUT2D eigenvalue weighted by molar-refractivity contribution is 0.0827. The van der Waals surface area contributed by atoms with Crippen LogP contribution in [-0.2, 0) is 6.54 Å². The van der Waals surface area contributed by atoms with E-state index in [1.807, 2.05) is 43.3 Å². The van der Waals surface area contributed by atoms with Crippen molar-refractivity contribution in [3.8, 4) is 34.3 Å². The molecule has 4 rings (SSSR count). The number of hydrogen-bond acceptors (Lipinski definition) is 7. The van der Waals surface area contributed by atoms with Crippen LogP contribution in [0.5, 0.6) is 0 Å². The maximum Gasteiger partial charge on any atom is 0.268 e. The molecule has 31 heavy (non-hydrogen) atoms. The Morgan fingerprint density at radius 3 is 2.29 bits per heavy atom. The van der Waals surface area contributed by atoms with Gasteiger partial charge in [-0.2, -0.15) is 0 Å². The predicted octanol–water partition coefficient (Wildman–Crippen LogP) is 3.82. The molecule has 4 aromatic rings. The number of rotatable bonds is 5. The lowest BCUT2D eigenvalue weighted by atomic mass is 10.1. The van der Waals surface area contributed by atoms with E-state index in [2.05, 4.69) is 20.2 Å². The van der Waals surface area contributed by atoms with E-state index in [0.29, 0.717) is 41.0 Å². The Bertz CT molecular complexity index is 1220. The molecule has 0 fully saturated rings. The molecule has 8 nitrogen and oxygen atoms in total. The first-order valence-corrected chi connectivity index (χ1v) is 9.75. The second-order valence-corrected chi connectivity index (χ2v) is 7.28. The van der Waals surface area contributed by atoms with Crippen molar-refractivity contribution in [1.82, 2.24) is 25.1 Å². The molecule has 0 atom stereocenters. The minimum Gasteiger partial charge on any atom is -0.415 e. The van der Waals surface area contributed by atoms with Crippen LogP contribution in [0, 0.1) is 6.92 Å². The molecule has 0 aliphatic carbocycles. The molecule has 0 spiro atoms. The van der Waals surface area contributed by atoms with Gasteiger partial charge in [-0.1, -0.05) is 24.3 Å². The van der Waals surface area contributed by atoms with Crippen molar-refractivity contribution in [3.05, 3.63) is 71.5 Å². The molecule has 0 radical (unpaired) electrons. The van der Waals surface area contributed by atoms with E-state index < -0.39 is 0 Å². The van der Waals surface area contributed by atoms with Crippen LogP contribution in [0.2, 0.25) is 0 Å². The molecular formula is C23H26N6O2. The largest absolute Gasteiger partial charge is 0.415 e. The van der Waals surface area contributed by atoms with Gasteiger partial charge in [0.05, 0.1) is 17.6 Å². The third-order valence-corrected chi connectivity index (χ3v) is 4.85. The summed E-state index contributed by atoms with van der Waals surface area (Å²) >= 11 is 0. The Morgan fingerprint density at radius 2 is 1.65 bits per heavy atom. The molecule has 0 aliphatic rings. The highest BCUT2D eigenvalue weighted by atomic mass is 16.4. The Kier molecular flexibility index (Phi) is 5.55. The number of benzene rings is 2. The zero-order chi connectivity index (χ0) is 22.0. The third kappa shape index (κ3) is 4.19. The second-order valence-electron chi connectivity index (χ2n) is 7.28. The van der Waals surface area contributed by atoms with Gasteiger partial charge in [-0.05, 0) is 36.8 Å². The second kappa shape index (κ2) is 8.45. The molecule has 0 bridgehead atoms. The van der Waals surface area contributed by atoms with Crippen molar-refractivity contribution in [1.29, 1.82) is 0 Å². The Labute approximate surface area is 182 Å². The molecule has 2 aromatic carbocycles. The fourth-order valence-electron chi connectivity index (χ4n) is 3.05. The fourth-order valence-corrected chi connectivity index (χ4v) is 3.05. The highest BCUT2D eigenvalue weighted by molar-refractivity contribution is 5.94. The summed E-state index contributed by atoms with van der Waals surface area (Å²) in [5, 5.41) is 8.32. The topological polar surface area (TPSA) is 111 Å². The van der Waals surface area contributed by atoms with Crippen LogP contribution in [0.3, 0.4) is 0 Å². The van der Waals surface area contributed by atoms with Gasteiger partial charge in [0.15, 0.2) is 0 Å². The molecule has 2 heterocycles. The van der Waals surface area contributed by atoms with Crippen molar-refractivity contribution in [2.24, 2.45) is 5.73 Å². The summed E-state index contributed by atoms with van der Waals surface area (Å²) in [6, 6.07) is 14.9. The van der Waals surface area contributed by atoms with Crippen LogP contribution in [0.25, 0.3) is 34.3 Å². The van der Waals surface area contributed by atoms with Gasteiger partial charge in [-0.25, -0.2) is 4.98 Å². The number of aryl methyl sites for hydroxylation is 1. The van der Waals surface area contributed by atoms with Gasteiger partial charge in [0, 0.05) is 40.2 Å².